The lowest BCUT2D eigenvalue weighted by molar-refractivity contribution is -0.388. The summed E-state index contributed by atoms with van der Waals surface area (Å²) in [4.78, 5) is 23.9. The maximum absolute atomic E-state index is 12.1. The van der Waals surface area contributed by atoms with Crippen LogP contribution < -0.4 is 0 Å². The van der Waals surface area contributed by atoms with Crippen LogP contribution in [0.15, 0.2) is 66.7 Å². The lowest BCUT2D eigenvalue weighted by atomic mass is 9.89. The van der Waals surface area contributed by atoms with Crippen LogP contribution in [0.5, 0.6) is 0 Å². The Morgan fingerprint density at radius 2 is 1.63 bits per heavy atom. The molecule has 4 nitrogen and oxygen atoms in total. The van der Waals surface area contributed by atoms with Crippen molar-refractivity contribution in [2.24, 2.45) is 0 Å². The van der Waals surface area contributed by atoms with Crippen LogP contribution in [0.2, 0.25) is 0 Å². The number of hydrogen-bond donors (Lipinski definition) is 0. The van der Waals surface area contributed by atoms with Crippen LogP contribution in [-0.4, -0.2) is 13.1 Å². The third kappa shape index (κ3) is 4.85. The SMILES string of the molecule is C=C(C(=O)OC)[C@@H](OOC(CC)(CC)c1ccccc1)c1ccc(C)cc1. The highest BCUT2D eigenvalue weighted by Gasteiger charge is 2.34. The van der Waals surface area contributed by atoms with Gasteiger partial charge in [0.25, 0.3) is 0 Å². The Balaban J connectivity index is 2.32. The minimum Gasteiger partial charge on any atom is -0.466 e. The van der Waals surface area contributed by atoms with Crippen LogP contribution in [0.1, 0.15) is 49.5 Å². The highest BCUT2D eigenvalue weighted by molar-refractivity contribution is 5.89. The van der Waals surface area contributed by atoms with E-state index >= 15 is 0 Å². The standard InChI is InChI=1S/C23H28O4/c1-6-23(7-2,20-11-9-8-10-12-20)27-26-21(18(4)22(24)25-5)19-15-13-17(3)14-16-19/h8-16,21H,4,6-7H2,1-3,5H3/t21-/m1/s1. The van der Waals surface area contributed by atoms with E-state index in [2.05, 4.69) is 20.4 Å². The molecule has 0 fully saturated rings. The molecule has 0 aliphatic rings. The summed E-state index contributed by atoms with van der Waals surface area (Å²) in [5.74, 6) is -0.525. The van der Waals surface area contributed by atoms with Crippen LogP contribution in [0.25, 0.3) is 0 Å². The van der Waals surface area contributed by atoms with Gasteiger partial charge in [-0.3, -0.25) is 0 Å². The molecular weight excluding hydrogens is 340 g/mol. The second-order valence-corrected chi connectivity index (χ2v) is 6.55. The van der Waals surface area contributed by atoms with E-state index in [1.165, 1.54) is 7.11 Å². The van der Waals surface area contributed by atoms with Gasteiger partial charge in [-0.25, -0.2) is 14.6 Å². The second-order valence-electron chi connectivity index (χ2n) is 6.55. The Hall–Kier alpha value is -2.43. The number of carbonyl (C=O) groups excluding carboxylic acids is 1. The molecule has 0 N–H and O–H groups in total. The molecule has 0 aliphatic heterocycles. The summed E-state index contributed by atoms with van der Waals surface area (Å²) in [6, 6.07) is 17.7. The number of benzene rings is 2. The van der Waals surface area contributed by atoms with Crippen LogP contribution in [0.3, 0.4) is 0 Å². The van der Waals surface area contributed by atoms with Crippen molar-refractivity contribution in [3.8, 4) is 0 Å². The van der Waals surface area contributed by atoms with Gasteiger partial charge in [-0.15, -0.1) is 0 Å². The first kappa shape index (κ1) is 20.9. The van der Waals surface area contributed by atoms with Crippen molar-refractivity contribution < 1.29 is 19.3 Å². The average Bonchev–Trinajstić information content (AvgIpc) is 2.72. The average molecular weight is 368 g/mol. The fourth-order valence-corrected chi connectivity index (χ4v) is 3.00. The highest BCUT2D eigenvalue weighted by Crippen LogP contribution is 2.36. The molecule has 1 atom stereocenters. The Morgan fingerprint density at radius 1 is 1.04 bits per heavy atom. The Bertz CT molecular complexity index is 746. The second kappa shape index (κ2) is 9.49. The summed E-state index contributed by atoms with van der Waals surface area (Å²) in [5.41, 5.74) is 2.51. The van der Waals surface area contributed by atoms with Crippen LogP contribution in [0.4, 0.5) is 0 Å². The molecule has 0 radical (unpaired) electrons. The third-order valence-corrected chi connectivity index (χ3v) is 4.89. The van der Waals surface area contributed by atoms with Crippen molar-refractivity contribution >= 4 is 5.97 Å². The van der Waals surface area contributed by atoms with Gasteiger partial charge in [0, 0.05) is 0 Å². The molecule has 144 valence electrons. The largest absolute Gasteiger partial charge is 0.466 e. The van der Waals surface area contributed by atoms with Crippen molar-refractivity contribution in [1.29, 1.82) is 0 Å². The summed E-state index contributed by atoms with van der Waals surface area (Å²) in [6.45, 7) is 9.97. The lowest BCUT2D eigenvalue weighted by Gasteiger charge is -2.32. The number of hydrogen-bond acceptors (Lipinski definition) is 4. The van der Waals surface area contributed by atoms with Crippen LogP contribution >= 0.6 is 0 Å². The van der Waals surface area contributed by atoms with Gasteiger partial charge in [-0.2, -0.15) is 0 Å². The minimum atomic E-state index is -0.751. The molecular formula is C23H28O4. The topological polar surface area (TPSA) is 44.8 Å². The Morgan fingerprint density at radius 3 is 2.15 bits per heavy atom. The van der Waals surface area contributed by atoms with Crippen LogP contribution in [-0.2, 0) is 24.9 Å². The number of rotatable bonds is 9. The molecule has 0 bridgehead atoms. The molecule has 0 saturated carbocycles. The quantitative estimate of drug-likeness (QED) is 0.256. The predicted molar refractivity (Wildman–Crippen MR) is 106 cm³/mol. The molecule has 0 heterocycles. The van der Waals surface area contributed by atoms with Crippen molar-refractivity contribution in [2.45, 2.75) is 45.3 Å². The summed E-state index contributed by atoms with van der Waals surface area (Å²) in [7, 11) is 1.33. The number of ether oxygens (including phenoxy) is 1. The van der Waals surface area contributed by atoms with Crippen molar-refractivity contribution in [3.05, 3.63) is 83.4 Å². The molecule has 0 unspecified atom stereocenters. The summed E-state index contributed by atoms with van der Waals surface area (Å²) in [6.07, 6.45) is 0.691. The first-order valence-corrected chi connectivity index (χ1v) is 9.21. The van der Waals surface area contributed by atoms with Crippen molar-refractivity contribution in [1.82, 2.24) is 0 Å². The van der Waals surface area contributed by atoms with E-state index in [0.717, 1.165) is 29.5 Å². The Labute approximate surface area is 161 Å². The molecule has 2 rings (SSSR count). The van der Waals surface area contributed by atoms with E-state index in [1.807, 2.05) is 61.5 Å². The smallest absolute Gasteiger partial charge is 0.336 e. The molecule has 2 aromatic rings. The summed E-state index contributed by atoms with van der Waals surface area (Å²) in [5, 5.41) is 0. The third-order valence-electron chi connectivity index (χ3n) is 4.89. The fourth-order valence-electron chi connectivity index (χ4n) is 3.00. The first-order valence-electron chi connectivity index (χ1n) is 9.21. The van der Waals surface area contributed by atoms with Crippen molar-refractivity contribution in [2.75, 3.05) is 7.11 Å². The Kier molecular flexibility index (Phi) is 7.34. The van der Waals surface area contributed by atoms with Gasteiger partial charge in [0.05, 0.1) is 12.7 Å². The lowest BCUT2D eigenvalue weighted by Crippen LogP contribution is -2.30. The fraction of sp³-hybridized carbons (Fsp3) is 0.348. The van der Waals surface area contributed by atoms with Gasteiger partial charge in [0.1, 0.15) is 11.7 Å². The first-order chi connectivity index (χ1) is 13.0. The molecule has 0 aromatic heterocycles. The summed E-state index contributed by atoms with van der Waals surface area (Å²) < 4.78 is 4.83. The zero-order chi connectivity index (χ0) is 19.9. The number of esters is 1. The van der Waals surface area contributed by atoms with Gasteiger partial charge < -0.3 is 4.74 Å². The molecule has 0 saturated heterocycles. The highest BCUT2D eigenvalue weighted by atomic mass is 17.2. The zero-order valence-corrected chi connectivity index (χ0v) is 16.5. The van der Waals surface area contributed by atoms with Crippen LogP contribution in [0, 0.1) is 6.92 Å². The molecule has 27 heavy (non-hydrogen) atoms. The van der Waals surface area contributed by atoms with E-state index in [-0.39, 0.29) is 5.57 Å². The zero-order valence-electron chi connectivity index (χ0n) is 16.5. The van der Waals surface area contributed by atoms with Gasteiger partial charge in [0.2, 0.25) is 0 Å². The monoisotopic (exact) mass is 368 g/mol. The number of methoxy groups -OCH3 is 1. The van der Waals surface area contributed by atoms with Gasteiger partial charge >= 0.3 is 5.97 Å². The van der Waals surface area contributed by atoms with E-state index in [9.17, 15) is 4.79 Å². The minimum absolute atomic E-state index is 0.190. The summed E-state index contributed by atoms with van der Waals surface area (Å²) >= 11 is 0. The molecule has 4 heteroatoms. The maximum atomic E-state index is 12.1. The van der Waals surface area contributed by atoms with E-state index in [4.69, 9.17) is 14.5 Å². The van der Waals surface area contributed by atoms with E-state index < -0.39 is 17.7 Å². The number of aryl methyl sites for hydroxylation is 1. The normalized spacial score (nSPS) is 12.4. The molecule has 0 spiro atoms. The van der Waals surface area contributed by atoms with Crippen molar-refractivity contribution in [3.63, 3.8) is 0 Å². The predicted octanol–water partition coefficient (Wildman–Crippen LogP) is 5.43. The van der Waals surface area contributed by atoms with E-state index in [1.54, 1.807) is 0 Å². The van der Waals surface area contributed by atoms with Gasteiger partial charge in [0.15, 0.2) is 0 Å². The molecule has 2 aromatic carbocycles. The maximum Gasteiger partial charge on any atom is 0.336 e. The molecule has 0 amide bonds. The number of carbonyl (C=O) groups is 1. The van der Waals surface area contributed by atoms with Gasteiger partial charge in [-0.1, -0.05) is 80.6 Å². The molecule has 0 aliphatic carbocycles. The van der Waals surface area contributed by atoms with E-state index in [0.29, 0.717) is 0 Å². The van der Waals surface area contributed by atoms with Gasteiger partial charge in [-0.05, 0) is 30.9 Å².